The van der Waals surface area contributed by atoms with Gasteiger partial charge in [0.05, 0.1) is 22.8 Å². The lowest BCUT2D eigenvalue weighted by molar-refractivity contribution is 0.0658. The van der Waals surface area contributed by atoms with Gasteiger partial charge in [0, 0.05) is 25.5 Å². The SMILES string of the molecule is Cc1cc(-n2[nH]cc(-c3ccc(C#N)cc3)c2=O)ncc1C(=O)N(C)C1CCN(C)CC1. The number of nitrogens with one attached hydrogen (secondary N) is 1. The Morgan fingerprint density at radius 2 is 1.94 bits per heavy atom. The molecule has 0 saturated carbocycles. The molecule has 1 aliphatic rings. The minimum absolute atomic E-state index is 0.0480. The number of nitriles is 1. The van der Waals surface area contributed by atoms with Gasteiger partial charge in [0.15, 0.2) is 5.82 Å². The normalized spacial score (nSPS) is 14.8. The summed E-state index contributed by atoms with van der Waals surface area (Å²) in [6, 6.07) is 10.9. The molecular formula is C24H26N6O2. The number of aromatic nitrogens is 3. The Hall–Kier alpha value is -3.70. The smallest absolute Gasteiger partial charge is 0.280 e. The number of aromatic amines is 1. The Labute approximate surface area is 186 Å². The first kappa shape index (κ1) is 21.5. The molecule has 1 saturated heterocycles. The molecular weight excluding hydrogens is 404 g/mol. The van der Waals surface area contributed by atoms with E-state index in [1.807, 2.05) is 18.9 Å². The van der Waals surface area contributed by atoms with Crippen LogP contribution in [0.2, 0.25) is 0 Å². The molecule has 32 heavy (non-hydrogen) atoms. The van der Waals surface area contributed by atoms with Crippen LogP contribution in [0.4, 0.5) is 0 Å². The van der Waals surface area contributed by atoms with Gasteiger partial charge in [-0.2, -0.15) is 5.26 Å². The van der Waals surface area contributed by atoms with Gasteiger partial charge >= 0.3 is 0 Å². The molecule has 1 N–H and O–H groups in total. The maximum absolute atomic E-state index is 13.1. The molecule has 8 heteroatoms. The van der Waals surface area contributed by atoms with Crippen molar-refractivity contribution >= 4 is 5.91 Å². The fourth-order valence-corrected chi connectivity index (χ4v) is 4.10. The number of amides is 1. The van der Waals surface area contributed by atoms with Crippen molar-refractivity contribution in [2.24, 2.45) is 0 Å². The Balaban J connectivity index is 1.57. The number of piperidine rings is 1. The van der Waals surface area contributed by atoms with Crippen molar-refractivity contribution in [2.75, 3.05) is 27.2 Å². The van der Waals surface area contributed by atoms with E-state index in [9.17, 15) is 9.59 Å². The van der Waals surface area contributed by atoms with Gasteiger partial charge in [0.25, 0.3) is 11.5 Å². The Morgan fingerprint density at radius 3 is 2.56 bits per heavy atom. The molecule has 1 amide bonds. The molecule has 2 aromatic heterocycles. The van der Waals surface area contributed by atoms with Crippen LogP contribution in [-0.4, -0.2) is 63.7 Å². The molecule has 3 heterocycles. The number of carbonyl (C=O) groups excluding carboxylic acids is 1. The maximum Gasteiger partial charge on any atom is 0.280 e. The molecule has 3 aromatic rings. The average Bonchev–Trinajstić information content (AvgIpc) is 3.20. The van der Waals surface area contributed by atoms with Crippen molar-refractivity contribution in [3.63, 3.8) is 0 Å². The van der Waals surface area contributed by atoms with E-state index >= 15 is 0 Å². The first-order valence-electron chi connectivity index (χ1n) is 10.6. The highest BCUT2D eigenvalue weighted by atomic mass is 16.2. The van der Waals surface area contributed by atoms with Gasteiger partial charge in [0.2, 0.25) is 0 Å². The highest BCUT2D eigenvalue weighted by Gasteiger charge is 2.26. The monoisotopic (exact) mass is 430 g/mol. The van der Waals surface area contributed by atoms with Gasteiger partial charge in [0.1, 0.15) is 0 Å². The van der Waals surface area contributed by atoms with Gasteiger partial charge in [-0.05, 0) is 69.2 Å². The Bertz CT molecular complexity index is 1230. The van der Waals surface area contributed by atoms with Crippen LogP contribution in [0, 0.1) is 18.3 Å². The zero-order chi connectivity index (χ0) is 22.8. The molecule has 4 rings (SSSR count). The molecule has 1 aliphatic heterocycles. The third-order valence-corrected chi connectivity index (χ3v) is 6.21. The number of likely N-dealkylation sites (tertiary alicyclic amines) is 1. The van der Waals surface area contributed by atoms with Crippen molar-refractivity contribution in [1.82, 2.24) is 24.6 Å². The summed E-state index contributed by atoms with van der Waals surface area (Å²) in [6.07, 6.45) is 5.08. The van der Waals surface area contributed by atoms with Crippen LogP contribution in [0.5, 0.6) is 0 Å². The number of rotatable bonds is 4. The summed E-state index contributed by atoms with van der Waals surface area (Å²) in [6.45, 7) is 3.82. The summed E-state index contributed by atoms with van der Waals surface area (Å²) in [5, 5.41) is 11.9. The van der Waals surface area contributed by atoms with Crippen LogP contribution < -0.4 is 5.56 Å². The van der Waals surface area contributed by atoms with E-state index in [0.29, 0.717) is 28.1 Å². The molecule has 1 aromatic carbocycles. The second kappa shape index (κ2) is 8.81. The molecule has 0 radical (unpaired) electrons. The van der Waals surface area contributed by atoms with E-state index in [4.69, 9.17) is 5.26 Å². The summed E-state index contributed by atoms with van der Waals surface area (Å²) in [5.74, 6) is 0.374. The number of hydrogen-bond donors (Lipinski definition) is 1. The van der Waals surface area contributed by atoms with E-state index in [1.165, 1.54) is 4.68 Å². The molecule has 164 valence electrons. The van der Waals surface area contributed by atoms with Gasteiger partial charge in [-0.3, -0.25) is 14.7 Å². The molecule has 0 spiro atoms. The number of H-pyrrole nitrogens is 1. The number of aryl methyl sites for hydroxylation is 1. The quantitative estimate of drug-likeness (QED) is 0.686. The summed E-state index contributed by atoms with van der Waals surface area (Å²) in [7, 11) is 3.95. The van der Waals surface area contributed by atoms with Crippen molar-refractivity contribution in [3.8, 4) is 23.0 Å². The fraction of sp³-hybridized carbons (Fsp3) is 0.333. The number of carbonyl (C=O) groups is 1. The van der Waals surface area contributed by atoms with Gasteiger partial charge in [-0.1, -0.05) is 12.1 Å². The third-order valence-electron chi connectivity index (χ3n) is 6.21. The number of pyridine rings is 1. The van der Waals surface area contributed by atoms with E-state index in [0.717, 1.165) is 31.5 Å². The predicted molar refractivity (Wildman–Crippen MR) is 122 cm³/mol. The highest BCUT2D eigenvalue weighted by molar-refractivity contribution is 5.95. The van der Waals surface area contributed by atoms with Crippen molar-refractivity contribution < 1.29 is 4.79 Å². The van der Waals surface area contributed by atoms with Gasteiger partial charge < -0.3 is 9.80 Å². The zero-order valence-electron chi connectivity index (χ0n) is 18.5. The van der Waals surface area contributed by atoms with E-state index in [2.05, 4.69) is 28.1 Å². The fourth-order valence-electron chi connectivity index (χ4n) is 4.10. The molecule has 8 nitrogen and oxygen atoms in total. The molecule has 0 atom stereocenters. The second-order valence-electron chi connectivity index (χ2n) is 8.32. The minimum atomic E-state index is -0.246. The standard InChI is InChI=1S/C24H26N6O2/c1-16-12-22(26-14-20(16)23(31)29(3)19-8-10-28(2)11-9-19)30-24(32)21(15-27-30)18-6-4-17(13-25)5-7-18/h4-7,12,14-15,19,27H,8-11H2,1-3H3. The van der Waals surface area contributed by atoms with Crippen LogP contribution in [-0.2, 0) is 0 Å². The van der Waals surface area contributed by atoms with Crippen LogP contribution in [0.3, 0.4) is 0 Å². The minimum Gasteiger partial charge on any atom is -0.339 e. The highest BCUT2D eigenvalue weighted by Crippen LogP contribution is 2.20. The van der Waals surface area contributed by atoms with Crippen molar-refractivity contribution in [1.29, 1.82) is 5.26 Å². The molecule has 0 aliphatic carbocycles. The number of benzene rings is 1. The Kier molecular flexibility index (Phi) is 5.93. The lowest BCUT2D eigenvalue weighted by Gasteiger charge is -2.35. The summed E-state index contributed by atoms with van der Waals surface area (Å²) in [4.78, 5) is 34.5. The van der Waals surface area contributed by atoms with E-state index in [-0.39, 0.29) is 17.5 Å². The van der Waals surface area contributed by atoms with Crippen LogP contribution in [0.25, 0.3) is 16.9 Å². The predicted octanol–water partition coefficient (Wildman–Crippen LogP) is 2.57. The largest absolute Gasteiger partial charge is 0.339 e. The summed E-state index contributed by atoms with van der Waals surface area (Å²) >= 11 is 0. The van der Waals surface area contributed by atoms with E-state index in [1.54, 1.807) is 42.7 Å². The van der Waals surface area contributed by atoms with Crippen LogP contribution in [0.15, 0.2) is 47.5 Å². The summed E-state index contributed by atoms with van der Waals surface area (Å²) in [5.41, 5.74) is 2.79. The average molecular weight is 431 g/mol. The molecule has 1 fully saturated rings. The van der Waals surface area contributed by atoms with Gasteiger partial charge in [-0.25, -0.2) is 9.67 Å². The lowest BCUT2D eigenvalue weighted by Crippen LogP contribution is -2.44. The first-order chi connectivity index (χ1) is 15.4. The van der Waals surface area contributed by atoms with E-state index < -0.39 is 0 Å². The zero-order valence-corrected chi connectivity index (χ0v) is 18.5. The number of nitrogens with zero attached hydrogens (tertiary/aromatic N) is 5. The van der Waals surface area contributed by atoms with Crippen LogP contribution >= 0.6 is 0 Å². The van der Waals surface area contributed by atoms with Crippen LogP contribution in [0.1, 0.15) is 34.3 Å². The second-order valence-corrected chi connectivity index (χ2v) is 8.32. The number of hydrogen-bond acceptors (Lipinski definition) is 5. The first-order valence-corrected chi connectivity index (χ1v) is 10.6. The maximum atomic E-state index is 13.1. The lowest BCUT2D eigenvalue weighted by atomic mass is 10.0. The molecule has 0 bridgehead atoms. The molecule has 0 unspecified atom stereocenters. The van der Waals surface area contributed by atoms with Gasteiger partial charge in [-0.15, -0.1) is 0 Å². The third kappa shape index (κ3) is 4.07. The summed E-state index contributed by atoms with van der Waals surface area (Å²) < 4.78 is 1.36. The van der Waals surface area contributed by atoms with Crippen molar-refractivity contribution in [3.05, 3.63) is 69.8 Å². The topological polar surface area (TPSA) is 98.0 Å². The van der Waals surface area contributed by atoms with Crippen molar-refractivity contribution in [2.45, 2.75) is 25.8 Å². The Morgan fingerprint density at radius 1 is 1.25 bits per heavy atom.